The first-order valence-electron chi connectivity index (χ1n) is 8.30. The van der Waals surface area contributed by atoms with Gasteiger partial charge >= 0.3 is 11.9 Å². The van der Waals surface area contributed by atoms with Crippen molar-refractivity contribution in [2.45, 2.75) is 36.5 Å². The monoisotopic (exact) mass is 355 g/mol. The molecule has 4 aliphatic rings. The lowest BCUT2D eigenvalue weighted by atomic mass is 9.56. The highest BCUT2D eigenvalue weighted by Gasteiger charge is 2.76. The third-order valence-electron chi connectivity index (χ3n) is 6.81. The van der Waals surface area contributed by atoms with Crippen molar-refractivity contribution in [2.24, 2.45) is 16.3 Å². The molecule has 0 saturated heterocycles. The van der Waals surface area contributed by atoms with Gasteiger partial charge < -0.3 is 10.2 Å². The van der Waals surface area contributed by atoms with Crippen LogP contribution in [0.15, 0.2) is 34.7 Å². The van der Waals surface area contributed by atoms with Crippen molar-refractivity contribution in [3.8, 4) is 0 Å². The first-order valence-corrected chi connectivity index (χ1v) is 9.18. The van der Waals surface area contributed by atoms with Gasteiger partial charge in [0.05, 0.1) is 10.3 Å². The van der Waals surface area contributed by atoms with Crippen LogP contribution in [0.2, 0.25) is 0 Å². The average molecular weight is 355 g/mol. The second-order valence-corrected chi connectivity index (χ2v) is 8.77. The molecule has 2 heterocycles. The molecule has 5 atom stereocenters. The van der Waals surface area contributed by atoms with Crippen LogP contribution in [0, 0.1) is 11.3 Å². The van der Waals surface area contributed by atoms with Gasteiger partial charge in [-0.3, -0.25) is 14.6 Å². The van der Waals surface area contributed by atoms with E-state index in [4.69, 9.17) is 4.99 Å². The number of thioether (sulfide) groups is 1. The third-order valence-corrected chi connectivity index (χ3v) is 8.30. The SMILES string of the molecule is CC1=NC2(C)C(C(=O)O)c3cccc4c3CC1(C(=O)O)C41SC=CC21. The minimum atomic E-state index is -1.12. The normalized spacial score (nSPS) is 42.1. The van der Waals surface area contributed by atoms with E-state index >= 15 is 0 Å². The number of carbonyl (C=O) groups is 2. The van der Waals surface area contributed by atoms with Gasteiger partial charge in [0, 0.05) is 11.6 Å². The van der Waals surface area contributed by atoms with Crippen molar-refractivity contribution in [1.82, 2.24) is 0 Å². The number of carboxylic acid groups (broad SMARTS) is 2. The second kappa shape index (κ2) is 4.18. The van der Waals surface area contributed by atoms with E-state index in [-0.39, 0.29) is 5.92 Å². The van der Waals surface area contributed by atoms with E-state index in [0.29, 0.717) is 12.1 Å². The molecule has 5 unspecified atom stereocenters. The van der Waals surface area contributed by atoms with Crippen molar-refractivity contribution < 1.29 is 19.8 Å². The molecular weight excluding hydrogens is 338 g/mol. The van der Waals surface area contributed by atoms with Crippen molar-refractivity contribution in [1.29, 1.82) is 0 Å². The Morgan fingerprint density at radius 2 is 2.08 bits per heavy atom. The Labute approximate surface area is 148 Å². The van der Waals surface area contributed by atoms with E-state index < -0.39 is 33.6 Å². The predicted octanol–water partition coefficient (Wildman–Crippen LogP) is 2.80. The molecule has 1 aromatic rings. The van der Waals surface area contributed by atoms with Gasteiger partial charge in [-0.1, -0.05) is 24.3 Å². The Bertz CT molecular complexity index is 937. The lowest BCUT2D eigenvalue weighted by Gasteiger charge is -2.54. The molecule has 0 radical (unpaired) electrons. The van der Waals surface area contributed by atoms with Crippen LogP contribution in [-0.2, 0) is 20.8 Å². The predicted molar refractivity (Wildman–Crippen MR) is 94.0 cm³/mol. The molecule has 1 aromatic carbocycles. The highest BCUT2D eigenvalue weighted by Crippen LogP contribution is 2.73. The van der Waals surface area contributed by atoms with Crippen molar-refractivity contribution in [3.05, 3.63) is 46.4 Å². The first-order chi connectivity index (χ1) is 11.8. The van der Waals surface area contributed by atoms with Gasteiger partial charge in [-0.2, -0.15) is 0 Å². The Kier molecular flexibility index (Phi) is 2.54. The summed E-state index contributed by atoms with van der Waals surface area (Å²) in [5.41, 5.74) is 1.14. The van der Waals surface area contributed by atoms with Gasteiger partial charge in [0.1, 0.15) is 11.3 Å². The minimum Gasteiger partial charge on any atom is -0.481 e. The summed E-state index contributed by atoms with van der Waals surface area (Å²) in [6.45, 7) is 3.64. The van der Waals surface area contributed by atoms with Gasteiger partial charge in [-0.15, -0.1) is 11.8 Å². The van der Waals surface area contributed by atoms with E-state index in [1.807, 2.05) is 36.6 Å². The standard InChI is InChI=1S/C19H17NO4S/c1-9-18(16(23)24)8-11-10-4-3-5-12(11)19(18)13(6-7-25-19)17(2,20-9)14(10)15(21)22/h3-7,13-14H,8H2,1-2H3,(H,21,22)(H,23,24). The number of benzene rings is 1. The van der Waals surface area contributed by atoms with Gasteiger partial charge in [-0.05, 0) is 42.4 Å². The van der Waals surface area contributed by atoms with Crippen molar-refractivity contribution in [2.75, 3.05) is 0 Å². The van der Waals surface area contributed by atoms with E-state index in [2.05, 4.69) is 0 Å². The molecule has 2 aliphatic heterocycles. The zero-order chi connectivity index (χ0) is 17.8. The highest BCUT2D eigenvalue weighted by atomic mass is 32.2. The van der Waals surface area contributed by atoms with Crippen LogP contribution in [0.25, 0.3) is 0 Å². The molecule has 0 fully saturated rings. The lowest BCUT2D eigenvalue weighted by Crippen LogP contribution is -2.63. The lowest BCUT2D eigenvalue weighted by molar-refractivity contribution is -0.148. The van der Waals surface area contributed by atoms with Crippen LogP contribution in [-0.4, -0.2) is 33.4 Å². The zero-order valence-electron chi connectivity index (χ0n) is 13.8. The molecule has 2 aliphatic carbocycles. The number of nitrogens with zero attached hydrogens (tertiary/aromatic N) is 1. The molecule has 5 bridgehead atoms. The molecule has 0 amide bonds. The van der Waals surface area contributed by atoms with Gasteiger partial charge in [0.15, 0.2) is 0 Å². The Morgan fingerprint density at radius 1 is 1.32 bits per heavy atom. The molecule has 2 N–H and O–H groups in total. The van der Waals surface area contributed by atoms with Gasteiger partial charge in [-0.25, -0.2) is 0 Å². The summed E-state index contributed by atoms with van der Waals surface area (Å²) < 4.78 is -0.713. The summed E-state index contributed by atoms with van der Waals surface area (Å²) in [5, 5.41) is 22.3. The molecule has 6 heteroatoms. The number of hydrogen-bond acceptors (Lipinski definition) is 4. The molecule has 0 aromatic heterocycles. The van der Waals surface area contributed by atoms with E-state index in [1.165, 1.54) is 11.8 Å². The summed E-state index contributed by atoms with van der Waals surface area (Å²) >= 11 is 1.53. The number of aliphatic carboxylic acids is 2. The van der Waals surface area contributed by atoms with Gasteiger partial charge in [0.2, 0.25) is 0 Å². The highest BCUT2D eigenvalue weighted by molar-refractivity contribution is 8.03. The molecule has 5 nitrogen and oxygen atoms in total. The molecule has 5 rings (SSSR count). The topological polar surface area (TPSA) is 87.0 Å². The van der Waals surface area contributed by atoms with Crippen molar-refractivity contribution in [3.63, 3.8) is 0 Å². The van der Waals surface area contributed by atoms with E-state index in [0.717, 1.165) is 16.7 Å². The molecule has 0 saturated carbocycles. The smallest absolute Gasteiger partial charge is 0.317 e. The fraction of sp³-hybridized carbons (Fsp3) is 0.421. The summed E-state index contributed by atoms with van der Waals surface area (Å²) in [4.78, 5) is 29.7. The van der Waals surface area contributed by atoms with Crippen LogP contribution < -0.4 is 0 Å². The molecule has 1 spiro atoms. The zero-order valence-corrected chi connectivity index (χ0v) is 14.6. The summed E-state index contributed by atoms with van der Waals surface area (Å²) in [6.07, 6.45) is 2.30. The fourth-order valence-electron chi connectivity index (χ4n) is 5.94. The van der Waals surface area contributed by atoms with Crippen molar-refractivity contribution >= 4 is 29.4 Å². The number of carboxylic acids is 2. The summed E-state index contributed by atoms with van der Waals surface area (Å²) in [5.74, 6) is -2.82. The fourth-order valence-corrected chi connectivity index (χ4v) is 7.68. The summed E-state index contributed by atoms with van der Waals surface area (Å²) in [7, 11) is 0. The Morgan fingerprint density at radius 3 is 2.76 bits per heavy atom. The average Bonchev–Trinajstić information content (AvgIpc) is 3.08. The van der Waals surface area contributed by atoms with E-state index in [9.17, 15) is 19.8 Å². The number of hydrogen-bond donors (Lipinski definition) is 2. The maximum Gasteiger partial charge on any atom is 0.317 e. The second-order valence-electron chi connectivity index (χ2n) is 7.61. The maximum absolute atomic E-state index is 12.6. The first kappa shape index (κ1) is 15.2. The molecule has 128 valence electrons. The Balaban J connectivity index is 2.00. The van der Waals surface area contributed by atoms with Gasteiger partial charge in [0.25, 0.3) is 0 Å². The number of aliphatic imine (C=N–C) groups is 1. The number of rotatable bonds is 2. The quantitative estimate of drug-likeness (QED) is 0.852. The Hall–Kier alpha value is -2.08. The van der Waals surface area contributed by atoms with Crippen LogP contribution in [0.3, 0.4) is 0 Å². The van der Waals surface area contributed by atoms with Crippen LogP contribution in [0.5, 0.6) is 0 Å². The van der Waals surface area contributed by atoms with Crippen LogP contribution in [0.1, 0.15) is 36.5 Å². The van der Waals surface area contributed by atoms with Crippen LogP contribution >= 0.6 is 11.8 Å². The van der Waals surface area contributed by atoms with E-state index in [1.54, 1.807) is 6.92 Å². The molecular formula is C19H17NO4S. The third kappa shape index (κ3) is 1.30. The maximum atomic E-state index is 12.6. The largest absolute Gasteiger partial charge is 0.481 e. The van der Waals surface area contributed by atoms with Crippen LogP contribution in [0.4, 0.5) is 0 Å². The minimum absolute atomic E-state index is 0.271. The molecule has 25 heavy (non-hydrogen) atoms. The summed E-state index contributed by atoms with van der Waals surface area (Å²) in [6, 6.07) is 5.69.